The van der Waals surface area contributed by atoms with Crippen LogP contribution in [-0.4, -0.2) is 36.6 Å². The zero-order valence-corrected chi connectivity index (χ0v) is 25.5. The van der Waals surface area contributed by atoms with Gasteiger partial charge in [-0.1, -0.05) is 92.8 Å². The highest BCUT2D eigenvalue weighted by molar-refractivity contribution is 5.86. The molecule has 238 valence electrons. The predicted octanol–water partition coefficient (Wildman–Crippen LogP) is 6.61. The van der Waals surface area contributed by atoms with Crippen LogP contribution in [0.5, 0.6) is 0 Å². The van der Waals surface area contributed by atoms with Crippen molar-refractivity contribution < 1.29 is 28.2 Å². The lowest BCUT2D eigenvalue weighted by molar-refractivity contribution is -0.145. The minimum Gasteiger partial charge on any atom is -0.461 e. The minimum absolute atomic E-state index is 0.0612. The lowest BCUT2D eigenvalue weighted by Crippen LogP contribution is -2.51. The van der Waals surface area contributed by atoms with E-state index in [0.29, 0.717) is 25.3 Å². The molecule has 0 radical (unpaired) electrons. The topological polar surface area (TPSA) is 106 Å². The van der Waals surface area contributed by atoms with E-state index in [9.17, 15) is 18.8 Å². The number of ether oxygens (including phenoxy) is 2. The van der Waals surface area contributed by atoms with Gasteiger partial charge in [0.25, 0.3) is 0 Å². The fourth-order valence-corrected chi connectivity index (χ4v) is 6.32. The number of halogens is 1. The molecule has 2 aliphatic rings. The third kappa shape index (κ3) is 9.80. The molecule has 1 saturated carbocycles. The molecule has 9 heteroatoms. The molecule has 0 aromatic heterocycles. The molecular weight excluding hydrogens is 573 g/mol. The van der Waals surface area contributed by atoms with E-state index in [1.165, 1.54) is 18.6 Å². The fraction of sp³-hybridized carbons (Fsp3) is 0.417. The van der Waals surface area contributed by atoms with Gasteiger partial charge in [-0.15, -0.1) is 0 Å². The quantitative estimate of drug-likeness (QED) is 0.187. The van der Waals surface area contributed by atoms with Crippen LogP contribution in [-0.2, 0) is 32.3 Å². The van der Waals surface area contributed by atoms with E-state index in [1.807, 2.05) is 60.7 Å². The smallest absolute Gasteiger partial charge is 0.408 e. The summed E-state index contributed by atoms with van der Waals surface area (Å²) in [6, 6.07) is 21.9. The third-order valence-electron chi connectivity index (χ3n) is 8.68. The van der Waals surface area contributed by atoms with E-state index in [-0.39, 0.29) is 37.3 Å². The first-order chi connectivity index (χ1) is 21.9. The van der Waals surface area contributed by atoms with Crippen molar-refractivity contribution in [1.29, 1.82) is 0 Å². The van der Waals surface area contributed by atoms with Crippen LogP contribution < -0.4 is 16.0 Å². The Hall–Kier alpha value is -4.40. The molecule has 0 spiro atoms. The van der Waals surface area contributed by atoms with Gasteiger partial charge in [0.1, 0.15) is 25.1 Å². The van der Waals surface area contributed by atoms with E-state index in [0.717, 1.165) is 48.1 Å². The molecule has 3 atom stereocenters. The summed E-state index contributed by atoms with van der Waals surface area (Å²) in [6.45, 7) is 0.767. The van der Waals surface area contributed by atoms with Crippen LogP contribution >= 0.6 is 0 Å². The summed E-state index contributed by atoms with van der Waals surface area (Å²) in [4.78, 5) is 39.8. The zero-order valence-electron chi connectivity index (χ0n) is 25.5. The Morgan fingerprint density at radius 3 is 2.18 bits per heavy atom. The van der Waals surface area contributed by atoms with Crippen LogP contribution in [0.25, 0.3) is 0 Å². The first kappa shape index (κ1) is 32.0. The van der Waals surface area contributed by atoms with Crippen LogP contribution in [0.1, 0.15) is 74.0 Å². The summed E-state index contributed by atoms with van der Waals surface area (Å²) >= 11 is 0. The zero-order chi connectivity index (χ0) is 31.4. The van der Waals surface area contributed by atoms with Crippen molar-refractivity contribution in [2.45, 2.75) is 82.6 Å². The van der Waals surface area contributed by atoms with Crippen LogP contribution in [0.15, 0.2) is 78.9 Å². The minimum atomic E-state index is -0.828. The predicted molar refractivity (Wildman–Crippen MR) is 170 cm³/mol. The number of rotatable bonds is 13. The molecule has 0 bridgehead atoms. The molecule has 5 rings (SSSR count). The Balaban J connectivity index is 1.27. The number of amides is 2. The summed E-state index contributed by atoms with van der Waals surface area (Å²) in [5.41, 5.74) is 3.36. The van der Waals surface area contributed by atoms with Gasteiger partial charge in [0.05, 0.1) is 6.42 Å². The van der Waals surface area contributed by atoms with Crippen molar-refractivity contribution in [2.75, 3.05) is 11.9 Å². The van der Waals surface area contributed by atoms with Gasteiger partial charge in [0, 0.05) is 24.2 Å². The number of nitrogens with one attached hydrogen (secondary N) is 3. The molecule has 1 aliphatic heterocycles. The maximum Gasteiger partial charge on any atom is 0.408 e. The lowest BCUT2D eigenvalue weighted by atomic mass is 9.84. The monoisotopic (exact) mass is 615 g/mol. The Kier molecular flexibility index (Phi) is 11.4. The van der Waals surface area contributed by atoms with Gasteiger partial charge in [-0.2, -0.15) is 0 Å². The van der Waals surface area contributed by atoms with E-state index in [1.54, 1.807) is 6.07 Å². The average Bonchev–Trinajstić information content (AvgIpc) is 3.45. The molecule has 1 fully saturated rings. The maximum absolute atomic E-state index is 14.2. The molecule has 1 unspecified atom stereocenters. The van der Waals surface area contributed by atoms with E-state index < -0.39 is 24.1 Å². The molecule has 0 saturated heterocycles. The summed E-state index contributed by atoms with van der Waals surface area (Å²) in [5.74, 6) is -0.983. The first-order valence-electron chi connectivity index (χ1n) is 15.9. The van der Waals surface area contributed by atoms with Gasteiger partial charge in [0.2, 0.25) is 5.91 Å². The summed E-state index contributed by atoms with van der Waals surface area (Å²) < 4.78 is 25.2. The number of alkyl carbamates (subject to hydrolysis) is 1. The highest BCUT2D eigenvalue weighted by atomic mass is 19.1. The number of carbonyl (C=O) groups is 3. The number of carbonyl (C=O) groups excluding carboxylic acids is 3. The second-order valence-electron chi connectivity index (χ2n) is 12.1. The van der Waals surface area contributed by atoms with E-state index in [2.05, 4.69) is 16.0 Å². The number of anilines is 1. The lowest BCUT2D eigenvalue weighted by Gasteiger charge is -2.28. The van der Waals surface area contributed by atoms with Gasteiger partial charge in [-0.3, -0.25) is 9.59 Å². The van der Waals surface area contributed by atoms with Gasteiger partial charge >= 0.3 is 12.1 Å². The second-order valence-corrected chi connectivity index (χ2v) is 12.1. The largest absolute Gasteiger partial charge is 0.461 e. The fourth-order valence-electron chi connectivity index (χ4n) is 6.32. The Labute approximate surface area is 264 Å². The summed E-state index contributed by atoms with van der Waals surface area (Å²) in [6.07, 6.45) is 5.50. The second kappa shape index (κ2) is 16.1. The van der Waals surface area contributed by atoms with Crippen molar-refractivity contribution >= 4 is 23.7 Å². The molecule has 1 heterocycles. The number of hydrogen-bond acceptors (Lipinski definition) is 6. The Morgan fingerprint density at radius 1 is 0.822 bits per heavy atom. The normalized spacial score (nSPS) is 17.3. The number of fused-ring (bicyclic) bond motifs is 1. The third-order valence-corrected chi connectivity index (χ3v) is 8.68. The van der Waals surface area contributed by atoms with Crippen molar-refractivity contribution in [2.24, 2.45) is 5.92 Å². The van der Waals surface area contributed by atoms with Crippen LogP contribution in [0, 0.1) is 11.7 Å². The summed E-state index contributed by atoms with van der Waals surface area (Å²) in [7, 11) is 0. The first-order valence-corrected chi connectivity index (χ1v) is 15.9. The molecular formula is C36H42FN3O5. The van der Waals surface area contributed by atoms with Gasteiger partial charge in [-0.25, -0.2) is 9.18 Å². The number of benzene rings is 3. The molecule has 3 N–H and O–H groups in total. The van der Waals surface area contributed by atoms with Crippen molar-refractivity contribution in [1.82, 2.24) is 10.6 Å². The van der Waals surface area contributed by atoms with Crippen molar-refractivity contribution in [3.05, 3.63) is 101 Å². The average molecular weight is 616 g/mol. The molecule has 8 nitrogen and oxygen atoms in total. The molecule has 3 aromatic carbocycles. The van der Waals surface area contributed by atoms with Crippen LogP contribution in [0.4, 0.5) is 14.9 Å². The van der Waals surface area contributed by atoms with Gasteiger partial charge < -0.3 is 25.4 Å². The molecule has 2 amide bonds. The highest BCUT2D eigenvalue weighted by Gasteiger charge is 2.32. The number of esters is 1. The SMILES string of the molecule is O=C(C[C@H](CC1CNc2ccc(F)cc21)NC(=O)[C@H](CC1CCCCC1)NC(=O)OCc1ccccc1)OCc1ccccc1. The Bertz CT molecular complexity index is 1410. The standard InChI is InChI=1S/C36H42FN3O5/c37-29-16-17-32-31(20-29)28(22-38-32)19-30(21-34(41)44-23-26-12-6-2-7-13-26)39-35(42)33(18-25-10-4-1-5-11-25)40-36(43)45-24-27-14-8-3-9-15-27/h2-3,6-9,12-17,20,25,28,30,33,38H,1,4-5,10-11,18-19,21-24H2,(H,39,42)(H,40,43)/t28?,30-,33-/m0/s1. The highest BCUT2D eigenvalue weighted by Crippen LogP contribution is 2.35. The van der Waals surface area contributed by atoms with Gasteiger partial charge in [-0.05, 0) is 53.6 Å². The van der Waals surface area contributed by atoms with Crippen molar-refractivity contribution in [3.63, 3.8) is 0 Å². The Morgan fingerprint density at radius 2 is 1.49 bits per heavy atom. The molecule has 3 aromatic rings. The maximum atomic E-state index is 14.2. The molecule has 1 aliphatic carbocycles. The molecule has 45 heavy (non-hydrogen) atoms. The summed E-state index contributed by atoms with van der Waals surface area (Å²) in [5, 5.41) is 9.16. The van der Waals surface area contributed by atoms with Crippen molar-refractivity contribution in [3.8, 4) is 0 Å². The van der Waals surface area contributed by atoms with Gasteiger partial charge in [0.15, 0.2) is 0 Å². The number of hydrogen-bond donors (Lipinski definition) is 3. The van der Waals surface area contributed by atoms with E-state index >= 15 is 0 Å². The van der Waals surface area contributed by atoms with Crippen LogP contribution in [0.3, 0.4) is 0 Å². The van der Waals surface area contributed by atoms with Crippen LogP contribution in [0.2, 0.25) is 0 Å². The van der Waals surface area contributed by atoms with E-state index in [4.69, 9.17) is 9.47 Å².